The topological polar surface area (TPSA) is 47.8 Å². The normalized spacial score (nSPS) is 17.5. The molecule has 0 spiro atoms. The van der Waals surface area contributed by atoms with Crippen LogP contribution in [-0.2, 0) is 19.4 Å². The molecule has 1 aromatic carbocycles. The lowest BCUT2D eigenvalue weighted by molar-refractivity contribution is 0.218. The van der Waals surface area contributed by atoms with E-state index in [1.54, 1.807) is 11.3 Å². The average Bonchev–Trinajstić information content (AvgIpc) is 2.97. The molecular weight excluding hydrogens is 366 g/mol. The molecule has 0 bridgehead atoms. The smallest absolute Gasteiger partial charge is 0.267 e. The van der Waals surface area contributed by atoms with E-state index >= 15 is 0 Å². The Balaban J connectivity index is 1.75. The van der Waals surface area contributed by atoms with Crippen molar-refractivity contribution in [1.82, 2.24) is 15.0 Å². The Morgan fingerprint density at radius 2 is 2.08 bits per heavy atom. The molecule has 0 unspecified atom stereocenters. The van der Waals surface area contributed by atoms with Gasteiger partial charge in [0.25, 0.3) is 5.56 Å². The number of thiophene rings is 1. The quantitative estimate of drug-likeness (QED) is 0.640. The second-order valence-electron chi connectivity index (χ2n) is 8.13. The van der Waals surface area contributed by atoms with Gasteiger partial charge in [-0.25, -0.2) is 4.68 Å². The maximum absolute atomic E-state index is 13.1. The van der Waals surface area contributed by atoms with Crippen LogP contribution in [0.2, 0.25) is 5.02 Å². The number of aryl methyl sites for hydroxylation is 1. The van der Waals surface area contributed by atoms with E-state index in [-0.39, 0.29) is 11.0 Å². The highest BCUT2D eigenvalue weighted by Crippen LogP contribution is 2.41. The number of benzene rings is 1. The summed E-state index contributed by atoms with van der Waals surface area (Å²) < 4.78 is 1.44. The molecule has 0 saturated heterocycles. The van der Waals surface area contributed by atoms with Crippen LogP contribution in [0.25, 0.3) is 10.2 Å². The summed E-state index contributed by atoms with van der Waals surface area (Å²) >= 11 is 7.88. The fraction of sp³-hybridized carbons (Fsp3) is 0.450. The van der Waals surface area contributed by atoms with Crippen LogP contribution in [-0.4, -0.2) is 15.0 Å². The zero-order chi connectivity index (χ0) is 18.5. The number of nitrogens with zero attached hydrogens (tertiary/aromatic N) is 3. The Morgan fingerprint density at radius 3 is 2.81 bits per heavy atom. The van der Waals surface area contributed by atoms with Crippen molar-refractivity contribution in [3.63, 3.8) is 0 Å². The molecule has 2 heterocycles. The maximum Gasteiger partial charge on any atom is 0.279 e. The minimum absolute atomic E-state index is 0.0540. The third-order valence-corrected chi connectivity index (χ3v) is 6.95. The number of halogens is 1. The first-order valence-electron chi connectivity index (χ1n) is 8.96. The van der Waals surface area contributed by atoms with E-state index in [4.69, 9.17) is 11.6 Å². The molecule has 0 fully saturated rings. The van der Waals surface area contributed by atoms with E-state index < -0.39 is 0 Å². The summed E-state index contributed by atoms with van der Waals surface area (Å²) in [5, 5.41) is 9.91. The van der Waals surface area contributed by atoms with Crippen molar-refractivity contribution in [3.8, 4) is 0 Å². The molecule has 6 heteroatoms. The van der Waals surface area contributed by atoms with Crippen molar-refractivity contribution >= 4 is 33.2 Å². The lowest BCUT2D eigenvalue weighted by Crippen LogP contribution is -2.28. The first kappa shape index (κ1) is 17.7. The van der Waals surface area contributed by atoms with Crippen LogP contribution in [0.3, 0.4) is 0 Å². The summed E-state index contributed by atoms with van der Waals surface area (Å²) in [7, 11) is 0. The monoisotopic (exact) mass is 387 g/mol. The van der Waals surface area contributed by atoms with E-state index in [0.717, 1.165) is 35.0 Å². The van der Waals surface area contributed by atoms with Crippen molar-refractivity contribution in [1.29, 1.82) is 0 Å². The molecule has 4 rings (SSSR count). The zero-order valence-electron chi connectivity index (χ0n) is 15.3. The number of hydrogen-bond donors (Lipinski definition) is 0. The van der Waals surface area contributed by atoms with E-state index in [1.165, 1.54) is 15.1 Å². The first-order chi connectivity index (χ1) is 12.3. The molecule has 1 aliphatic carbocycles. The van der Waals surface area contributed by atoms with Crippen LogP contribution < -0.4 is 5.56 Å². The van der Waals surface area contributed by atoms with Crippen LogP contribution in [0.1, 0.15) is 43.2 Å². The summed E-state index contributed by atoms with van der Waals surface area (Å²) in [4.78, 5) is 15.2. The Labute approximate surface area is 161 Å². The Hall–Kier alpha value is -1.72. The molecule has 26 heavy (non-hydrogen) atoms. The molecule has 1 atom stereocenters. The number of aromatic nitrogens is 3. The summed E-state index contributed by atoms with van der Waals surface area (Å²) in [6, 6.07) is 7.53. The van der Waals surface area contributed by atoms with Gasteiger partial charge in [-0.05, 0) is 47.8 Å². The zero-order valence-corrected chi connectivity index (χ0v) is 16.8. The minimum Gasteiger partial charge on any atom is -0.267 e. The average molecular weight is 388 g/mol. The number of hydrogen-bond acceptors (Lipinski definition) is 4. The minimum atomic E-state index is -0.0540. The standard InChI is InChI=1S/C20H22ClN3OS/c1-20(2,3)13-8-9-14-16(10-13)26-18-17(14)19(25)24(23-22-18)11-12-6-4-5-7-15(12)21/h4-7,13H,8-11H2,1-3H3/t13-/m1/s1. The van der Waals surface area contributed by atoms with Crippen molar-refractivity contribution in [2.75, 3.05) is 0 Å². The van der Waals surface area contributed by atoms with Gasteiger partial charge in [-0.1, -0.05) is 55.8 Å². The molecule has 3 aromatic rings. The van der Waals surface area contributed by atoms with Crippen LogP contribution in [0.15, 0.2) is 29.1 Å². The van der Waals surface area contributed by atoms with Gasteiger partial charge in [-0.3, -0.25) is 4.79 Å². The molecule has 0 N–H and O–H groups in total. The lowest BCUT2D eigenvalue weighted by atomic mass is 9.72. The van der Waals surface area contributed by atoms with Crippen molar-refractivity contribution < 1.29 is 0 Å². The fourth-order valence-corrected chi connectivity index (χ4v) is 5.19. The Kier molecular flexibility index (Phi) is 4.40. The summed E-state index contributed by atoms with van der Waals surface area (Å²) in [6.45, 7) is 7.24. The highest BCUT2D eigenvalue weighted by molar-refractivity contribution is 7.18. The predicted molar refractivity (Wildman–Crippen MR) is 107 cm³/mol. The SMILES string of the molecule is CC(C)(C)[C@@H]1CCc2c(sc3nnn(Cc4ccccc4Cl)c(=O)c23)C1. The molecule has 4 nitrogen and oxygen atoms in total. The van der Waals surface area contributed by atoms with Crippen LogP contribution in [0.5, 0.6) is 0 Å². The molecule has 2 aromatic heterocycles. The van der Waals surface area contributed by atoms with Gasteiger partial charge in [-0.2, -0.15) is 0 Å². The predicted octanol–water partition coefficient (Wildman–Crippen LogP) is 4.71. The van der Waals surface area contributed by atoms with E-state index in [0.29, 0.717) is 17.5 Å². The van der Waals surface area contributed by atoms with Gasteiger partial charge in [0.05, 0.1) is 11.9 Å². The lowest BCUT2D eigenvalue weighted by Gasteiger charge is -2.33. The van der Waals surface area contributed by atoms with E-state index in [9.17, 15) is 4.79 Å². The summed E-state index contributed by atoms with van der Waals surface area (Å²) in [5.74, 6) is 0.640. The molecular formula is C20H22ClN3OS. The third kappa shape index (κ3) is 3.08. The van der Waals surface area contributed by atoms with Gasteiger partial charge in [0.1, 0.15) is 0 Å². The molecule has 136 valence electrons. The van der Waals surface area contributed by atoms with Gasteiger partial charge in [0.2, 0.25) is 0 Å². The number of rotatable bonds is 2. The molecule has 0 amide bonds. The van der Waals surface area contributed by atoms with Gasteiger partial charge in [0, 0.05) is 9.90 Å². The molecule has 0 radical (unpaired) electrons. The second kappa shape index (κ2) is 6.46. The third-order valence-electron chi connectivity index (χ3n) is 5.44. The van der Waals surface area contributed by atoms with Crippen molar-refractivity contribution in [2.45, 2.75) is 46.6 Å². The van der Waals surface area contributed by atoms with Crippen molar-refractivity contribution in [3.05, 3.63) is 55.6 Å². The fourth-order valence-electron chi connectivity index (χ4n) is 3.76. The molecule has 0 saturated carbocycles. The summed E-state index contributed by atoms with van der Waals surface area (Å²) in [5.41, 5.74) is 2.30. The Morgan fingerprint density at radius 1 is 1.31 bits per heavy atom. The van der Waals surface area contributed by atoms with Crippen LogP contribution in [0, 0.1) is 11.3 Å². The van der Waals surface area contributed by atoms with Gasteiger partial charge in [0.15, 0.2) is 4.83 Å². The van der Waals surface area contributed by atoms with Crippen LogP contribution >= 0.6 is 22.9 Å². The van der Waals surface area contributed by atoms with Gasteiger partial charge >= 0.3 is 0 Å². The van der Waals surface area contributed by atoms with Crippen LogP contribution in [0.4, 0.5) is 0 Å². The first-order valence-corrected chi connectivity index (χ1v) is 10.2. The molecule has 0 aliphatic heterocycles. The highest BCUT2D eigenvalue weighted by atomic mass is 35.5. The molecule has 1 aliphatic rings. The van der Waals surface area contributed by atoms with E-state index in [1.807, 2.05) is 24.3 Å². The van der Waals surface area contributed by atoms with Gasteiger partial charge in [-0.15, -0.1) is 16.4 Å². The second-order valence-corrected chi connectivity index (χ2v) is 9.62. The largest absolute Gasteiger partial charge is 0.279 e. The van der Waals surface area contributed by atoms with Crippen molar-refractivity contribution in [2.24, 2.45) is 11.3 Å². The summed E-state index contributed by atoms with van der Waals surface area (Å²) in [6.07, 6.45) is 3.10. The number of fused-ring (bicyclic) bond motifs is 3. The van der Waals surface area contributed by atoms with E-state index in [2.05, 4.69) is 31.1 Å². The maximum atomic E-state index is 13.1. The highest BCUT2D eigenvalue weighted by Gasteiger charge is 2.31. The van der Waals surface area contributed by atoms with Gasteiger partial charge < -0.3 is 0 Å². The Bertz CT molecular complexity index is 1030.